The highest BCUT2D eigenvalue weighted by atomic mass is 127. The summed E-state index contributed by atoms with van der Waals surface area (Å²) in [4.78, 5) is 3.21. The molecule has 0 atom stereocenters. The maximum absolute atomic E-state index is 5.65. The van der Waals surface area contributed by atoms with E-state index in [9.17, 15) is 0 Å². The van der Waals surface area contributed by atoms with E-state index in [4.69, 9.17) is 4.42 Å². The predicted octanol–water partition coefficient (Wildman–Crippen LogP) is 0.421. The molecule has 0 unspecified atom stereocenters. The second-order valence-corrected chi connectivity index (χ2v) is 3.83. The van der Waals surface area contributed by atoms with Gasteiger partial charge in [-0.3, -0.25) is 0 Å². The molecule has 0 aliphatic rings. The van der Waals surface area contributed by atoms with Crippen LogP contribution >= 0.6 is 0 Å². The summed E-state index contributed by atoms with van der Waals surface area (Å²) in [6.07, 6.45) is 3.96. The van der Waals surface area contributed by atoms with Gasteiger partial charge in [-0.2, -0.15) is 4.98 Å². The lowest BCUT2D eigenvalue weighted by Crippen LogP contribution is -3.00. The Balaban J connectivity index is 0.00000120. The quantitative estimate of drug-likeness (QED) is 0.617. The number of hydrogen-bond donors (Lipinski definition) is 0. The minimum atomic E-state index is 0. The summed E-state index contributed by atoms with van der Waals surface area (Å²) in [5, 5.41) is 0. The van der Waals surface area contributed by atoms with E-state index in [1.807, 2.05) is 54.6 Å². The lowest BCUT2D eigenvalue weighted by atomic mass is 10.2. The van der Waals surface area contributed by atoms with Crippen molar-refractivity contribution in [2.75, 3.05) is 0 Å². The smallest absolute Gasteiger partial charge is 0.372 e. The molecular weight excluding hydrogens is 337 g/mol. The Kier molecular flexibility index (Phi) is 4.15. The van der Waals surface area contributed by atoms with E-state index in [0.29, 0.717) is 0 Å². The second-order valence-electron chi connectivity index (χ2n) is 3.83. The van der Waals surface area contributed by atoms with Crippen molar-refractivity contribution in [3.05, 3.63) is 66.1 Å². The van der Waals surface area contributed by atoms with Crippen LogP contribution in [0.2, 0.25) is 0 Å². The van der Waals surface area contributed by atoms with Gasteiger partial charge in [-0.15, -0.1) is 0 Å². The number of rotatable bonds is 2. The molecular formula is C15H12INO. The molecule has 0 aliphatic heterocycles. The van der Waals surface area contributed by atoms with Crippen molar-refractivity contribution < 1.29 is 33.4 Å². The van der Waals surface area contributed by atoms with E-state index in [1.165, 1.54) is 0 Å². The standard InChI is InChI=1S/C15H11NO.HI/c1-2-6-12(7-3-1)10-11-15-16-13-8-4-5-9-14(13)17-15;/h1-11H;1H. The number of H-pyrrole nitrogens is 1. The summed E-state index contributed by atoms with van der Waals surface area (Å²) in [6.45, 7) is 0. The molecule has 2 aromatic carbocycles. The van der Waals surface area contributed by atoms with Gasteiger partial charge in [0.15, 0.2) is 0 Å². The summed E-state index contributed by atoms with van der Waals surface area (Å²) in [7, 11) is 0. The number of hydrogen-bond acceptors (Lipinski definition) is 1. The zero-order chi connectivity index (χ0) is 11.5. The molecule has 18 heavy (non-hydrogen) atoms. The third-order valence-corrected chi connectivity index (χ3v) is 2.59. The highest BCUT2D eigenvalue weighted by Gasteiger charge is 2.08. The Morgan fingerprint density at radius 3 is 2.33 bits per heavy atom. The minimum absolute atomic E-state index is 0. The fraction of sp³-hybridized carbons (Fsp3) is 0. The average molecular weight is 349 g/mol. The van der Waals surface area contributed by atoms with E-state index in [2.05, 4.69) is 17.1 Å². The monoisotopic (exact) mass is 349 g/mol. The van der Waals surface area contributed by atoms with Gasteiger partial charge in [-0.1, -0.05) is 42.5 Å². The molecule has 1 aromatic heterocycles. The lowest BCUT2D eigenvalue weighted by Gasteiger charge is -1.87. The fourth-order valence-electron chi connectivity index (χ4n) is 1.75. The molecule has 0 saturated carbocycles. The number of aromatic nitrogens is 1. The van der Waals surface area contributed by atoms with E-state index >= 15 is 0 Å². The Morgan fingerprint density at radius 1 is 0.833 bits per heavy atom. The van der Waals surface area contributed by atoms with Gasteiger partial charge in [0.25, 0.3) is 0 Å². The van der Waals surface area contributed by atoms with Crippen molar-refractivity contribution in [1.29, 1.82) is 0 Å². The lowest BCUT2D eigenvalue weighted by molar-refractivity contribution is -0.357. The van der Waals surface area contributed by atoms with Crippen LogP contribution in [0.1, 0.15) is 11.5 Å². The molecule has 90 valence electrons. The molecule has 3 heteroatoms. The predicted molar refractivity (Wildman–Crippen MR) is 68.1 cm³/mol. The van der Waals surface area contributed by atoms with E-state index < -0.39 is 0 Å². The van der Waals surface area contributed by atoms with Crippen LogP contribution in [0.3, 0.4) is 0 Å². The normalized spacial score (nSPS) is 10.7. The Bertz CT molecular complexity index is 625. The molecule has 0 bridgehead atoms. The topological polar surface area (TPSA) is 27.3 Å². The molecule has 3 aromatic rings. The molecule has 3 rings (SSSR count). The molecule has 1 heterocycles. The molecule has 0 radical (unpaired) electrons. The maximum Gasteiger partial charge on any atom is 0.372 e. The number of oxazole rings is 1. The van der Waals surface area contributed by atoms with Gasteiger partial charge in [0.2, 0.25) is 11.1 Å². The summed E-state index contributed by atoms with van der Waals surface area (Å²) in [5.74, 6) is 0.759. The van der Waals surface area contributed by atoms with Crippen molar-refractivity contribution in [3.8, 4) is 0 Å². The van der Waals surface area contributed by atoms with E-state index in [0.717, 1.165) is 22.6 Å². The molecule has 0 aliphatic carbocycles. The van der Waals surface area contributed by atoms with Crippen LogP contribution in [-0.2, 0) is 0 Å². The van der Waals surface area contributed by atoms with Crippen LogP contribution in [0.5, 0.6) is 0 Å². The average Bonchev–Trinajstić information content (AvgIpc) is 2.80. The first-order valence-electron chi connectivity index (χ1n) is 5.56. The summed E-state index contributed by atoms with van der Waals surface area (Å²) >= 11 is 0. The van der Waals surface area contributed by atoms with Gasteiger partial charge >= 0.3 is 5.89 Å². The van der Waals surface area contributed by atoms with Crippen LogP contribution in [-0.4, -0.2) is 0 Å². The number of nitrogens with one attached hydrogen (secondary N) is 1. The van der Waals surface area contributed by atoms with Crippen molar-refractivity contribution in [3.63, 3.8) is 0 Å². The zero-order valence-corrected chi connectivity index (χ0v) is 11.8. The van der Waals surface area contributed by atoms with Crippen molar-refractivity contribution >= 4 is 23.3 Å². The molecule has 0 saturated heterocycles. The first-order chi connectivity index (χ1) is 8.42. The van der Waals surface area contributed by atoms with Crippen molar-refractivity contribution in [2.24, 2.45) is 0 Å². The van der Waals surface area contributed by atoms with E-state index in [1.54, 1.807) is 0 Å². The van der Waals surface area contributed by atoms with Crippen LogP contribution in [0.25, 0.3) is 23.3 Å². The molecule has 1 N–H and O–H groups in total. The fourth-order valence-corrected chi connectivity index (χ4v) is 1.75. The Labute approximate surface area is 122 Å². The van der Waals surface area contributed by atoms with Gasteiger partial charge in [0.05, 0.1) is 6.08 Å². The molecule has 0 fully saturated rings. The van der Waals surface area contributed by atoms with Gasteiger partial charge in [-0.05, 0) is 17.7 Å². The summed E-state index contributed by atoms with van der Waals surface area (Å²) in [5.41, 5.74) is 3.04. The largest absolute Gasteiger partial charge is 1.00 e. The second kappa shape index (κ2) is 5.82. The van der Waals surface area contributed by atoms with E-state index in [-0.39, 0.29) is 24.0 Å². The maximum atomic E-state index is 5.65. The third kappa shape index (κ3) is 2.79. The summed E-state index contributed by atoms with van der Waals surface area (Å²) < 4.78 is 5.65. The number of aromatic amines is 1. The first kappa shape index (κ1) is 12.8. The Hall–Kier alpha value is -1.62. The SMILES string of the molecule is C(=Cc1[nH+]c2ccccc2o1)c1ccccc1.[I-]. The summed E-state index contributed by atoms with van der Waals surface area (Å²) in [6, 6.07) is 18.0. The zero-order valence-electron chi connectivity index (χ0n) is 9.64. The minimum Gasteiger partial charge on any atom is -1.00 e. The van der Waals surface area contributed by atoms with Crippen LogP contribution in [0, 0.1) is 0 Å². The van der Waals surface area contributed by atoms with Gasteiger partial charge in [0, 0.05) is 6.07 Å². The first-order valence-corrected chi connectivity index (χ1v) is 5.56. The number of halogens is 1. The van der Waals surface area contributed by atoms with Crippen LogP contribution < -0.4 is 29.0 Å². The third-order valence-electron chi connectivity index (χ3n) is 2.59. The van der Waals surface area contributed by atoms with Crippen molar-refractivity contribution in [1.82, 2.24) is 0 Å². The highest BCUT2D eigenvalue weighted by Crippen LogP contribution is 2.12. The number of fused-ring (bicyclic) bond motifs is 1. The number of benzene rings is 2. The van der Waals surface area contributed by atoms with Crippen LogP contribution in [0.4, 0.5) is 0 Å². The molecule has 2 nitrogen and oxygen atoms in total. The number of para-hydroxylation sites is 2. The van der Waals surface area contributed by atoms with Gasteiger partial charge < -0.3 is 28.4 Å². The molecule has 0 amide bonds. The Morgan fingerprint density at radius 2 is 1.56 bits per heavy atom. The van der Waals surface area contributed by atoms with Crippen molar-refractivity contribution in [2.45, 2.75) is 0 Å². The van der Waals surface area contributed by atoms with Crippen LogP contribution in [0.15, 0.2) is 59.0 Å². The molecule has 0 spiro atoms. The van der Waals surface area contributed by atoms with Gasteiger partial charge in [0.1, 0.15) is 0 Å². The highest BCUT2D eigenvalue weighted by molar-refractivity contribution is 5.71. The van der Waals surface area contributed by atoms with Gasteiger partial charge in [-0.25, -0.2) is 0 Å².